The number of halogens is 1. The number of hydrogen-bond acceptors (Lipinski definition) is 3. The molecule has 0 spiro atoms. The molecule has 1 N–H and O–H groups in total. The maximum Gasteiger partial charge on any atom is 0.271 e. The summed E-state index contributed by atoms with van der Waals surface area (Å²) in [5, 5.41) is 4.04. The number of aryl methyl sites for hydroxylation is 1. The largest absolute Gasteiger partial charge is 0.363 e. The first kappa shape index (κ1) is 17.9. The Bertz CT molecular complexity index is 1030. The summed E-state index contributed by atoms with van der Waals surface area (Å²) in [7, 11) is 0. The standard InChI is InChI=1S/C23H20FN3O/c1-16-2-4-17(5-3-16)13-25-26-23(28)18-6-7-19-14-27(15-20(19)12-18)22-10-8-21(24)9-11-22/h2-13H,14-15H2,1H3,(H,26,28)/b25-13+. The Hall–Kier alpha value is -3.47. The van der Waals surface area contributed by atoms with Crippen molar-refractivity contribution in [2.75, 3.05) is 4.90 Å². The number of hydrazone groups is 1. The van der Waals surface area contributed by atoms with Gasteiger partial charge in [-0.15, -0.1) is 0 Å². The molecule has 0 saturated heterocycles. The maximum atomic E-state index is 13.1. The first-order valence-corrected chi connectivity index (χ1v) is 9.11. The zero-order chi connectivity index (χ0) is 19.5. The van der Waals surface area contributed by atoms with E-state index >= 15 is 0 Å². The van der Waals surface area contributed by atoms with Crippen molar-refractivity contribution in [2.24, 2.45) is 5.10 Å². The minimum absolute atomic E-state index is 0.244. The lowest BCUT2D eigenvalue weighted by atomic mass is 10.1. The average Bonchev–Trinajstić information content (AvgIpc) is 3.13. The Balaban J connectivity index is 1.42. The first-order valence-electron chi connectivity index (χ1n) is 9.11. The zero-order valence-electron chi connectivity index (χ0n) is 15.5. The highest BCUT2D eigenvalue weighted by atomic mass is 19.1. The molecule has 28 heavy (non-hydrogen) atoms. The molecule has 1 amide bonds. The van der Waals surface area contributed by atoms with Crippen molar-refractivity contribution in [1.29, 1.82) is 0 Å². The molecule has 3 aromatic rings. The predicted octanol–water partition coefficient (Wildman–Crippen LogP) is 4.42. The molecule has 0 unspecified atom stereocenters. The van der Waals surface area contributed by atoms with Gasteiger partial charge in [-0.25, -0.2) is 9.82 Å². The van der Waals surface area contributed by atoms with E-state index in [0.717, 1.165) is 23.4 Å². The molecule has 140 valence electrons. The average molecular weight is 373 g/mol. The number of carbonyl (C=O) groups is 1. The predicted molar refractivity (Wildman–Crippen MR) is 109 cm³/mol. The lowest BCUT2D eigenvalue weighted by molar-refractivity contribution is 0.0955. The highest BCUT2D eigenvalue weighted by Gasteiger charge is 2.20. The van der Waals surface area contributed by atoms with E-state index in [9.17, 15) is 9.18 Å². The molecule has 0 saturated carbocycles. The van der Waals surface area contributed by atoms with E-state index in [2.05, 4.69) is 15.4 Å². The van der Waals surface area contributed by atoms with Crippen molar-refractivity contribution in [3.63, 3.8) is 0 Å². The van der Waals surface area contributed by atoms with Gasteiger partial charge in [-0.05, 0) is 60.0 Å². The Morgan fingerprint density at radius 3 is 2.46 bits per heavy atom. The molecule has 0 bridgehead atoms. The molecule has 3 aromatic carbocycles. The van der Waals surface area contributed by atoms with Gasteiger partial charge in [-0.3, -0.25) is 4.79 Å². The third-order valence-corrected chi connectivity index (χ3v) is 4.84. The minimum atomic E-state index is -0.245. The van der Waals surface area contributed by atoms with Crippen LogP contribution in [-0.2, 0) is 13.1 Å². The monoisotopic (exact) mass is 373 g/mol. The van der Waals surface area contributed by atoms with Gasteiger partial charge >= 0.3 is 0 Å². The Morgan fingerprint density at radius 1 is 1.00 bits per heavy atom. The molecule has 1 heterocycles. The van der Waals surface area contributed by atoms with Gasteiger partial charge in [-0.2, -0.15) is 5.10 Å². The molecule has 0 fully saturated rings. The van der Waals surface area contributed by atoms with Gasteiger partial charge in [0.1, 0.15) is 5.82 Å². The van der Waals surface area contributed by atoms with Gasteiger partial charge in [-0.1, -0.05) is 35.9 Å². The van der Waals surface area contributed by atoms with Crippen molar-refractivity contribution in [3.8, 4) is 0 Å². The van der Waals surface area contributed by atoms with Crippen LogP contribution in [0.4, 0.5) is 10.1 Å². The number of benzene rings is 3. The van der Waals surface area contributed by atoms with E-state index in [4.69, 9.17) is 0 Å². The van der Waals surface area contributed by atoms with Crippen molar-refractivity contribution in [2.45, 2.75) is 20.0 Å². The molecule has 4 rings (SSSR count). The van der Waals surface area contributed by atoms with Crippen molar-refractivity contribution < 1.29 is 9.18 Å². The highest BCUT2D eigenvalue weighted by Crippen LogP contribution is 2.29. The number of nitrogens with one attached hydrogen (secondary N) is 1. The number of rotatable bonds is 4. The summed E-state index contributed by atoms with van der Waals surface area (Å²) in [5.41, 5.74) is 8.48. The highest BCUT2D eigenvalue weighted by molar-refractivity contribution is 5.95. The van der Waals surface area contributed by atoms with E-state index in [-0.39, 0.29) is 11.7 Å². The van der Waals surface area contributed by atoms with E-state index in [1.807, 2.05) is 49.4 Å². The lowest BCUT2D eigenvalue weighted by Crippen LogP contribution is -2.17. The van der Waals surface area contributed by atoms with E-state index in [1.54, 1.807) is 18.3 Å². The van der Waals surface area contributed by atoms with Gasteiger partial charge in [0.25, 0.3) is 5.91 Å². The van der Waals surface area contributed by atoms with Gasteiger partial charge in [0, 0.05) is 24.3 Å². The minimum Gasteiger partial charge on any atom is -0.363 e. The van der Waals surface area contributed by atoms with E-state index < -0.39 is 0 Å². The molecule has 0 atom stereocenters. The van der Waals surface area contributed by atoms with Crippen LogP contribution in [0.2, 0.25) is 0 Å². The van der Waals surface area contributed by atoms with Crippen LogP contribution in [0.15, 0.2) is 71.8 Å². The topological polar surface area (TPSA) is 44.7 Å². The summed E-state index contributed by atoms with van der Waals surface area (Å²) >= 11 is 0. The number of fused-ring (bicyclic) bond motifs is 1. The van der Waals surface area contributed by atoms with Crippen molar-refractivity contribution >= 4 is 17.8 Å². The smallest absolute Gasteiger partial charge is 0.271 e. The molecule has 1 aliphatic heterocycles. The fourth-order valence-corrected chi connectivity index (χ4v) is 3.25. The van der Waals surface area contributed by atoms with Gasteiger partial charge in [0.05, 0.1) is 6.21 Å². The summed E-state index contributed by atoms with van der Waals surface area (Å²) in [6, 6.07) is 20.0. The molecule has 0 aromatic heterocycles. The first-order chi connectivity index (χ1) is 13.6. The van der Waals surface area contributed by atoms with Crippen LogP contribution >= 0.6 is 0 Å². The second kappa shape index (κ2) is 7.64. The number of anilines is 1. The molecule has 0 aliphatic carbocycles. The molecular formula is C23H20FN3O. The van der Waals surface area contributed by atoms with Crippen LogP contribution in [0.5, 0.6) is 0 Å². The SMILES string of the molecule is Cc1ccc(/C=N/NC(=O)c2ccc3c(c2)CN(c2ccc(F)cc2)C3)cc1. The summed E-state index contributed by atoms with van der Waals surface area (Å²) in [4.78, 5) is 14.6. The Kier molecular flexibility index (Phi) is 4.89. The third kappa shape index (κ3) is 3.93. The summed E-state index contributed by atoms with van der Waals surface area (Å²) in [6.45, 7) is 3.46. The normalized spacial score (nSPS) is 13.0. The second-order valence-electron chi connectivity index (χ2n) is 6.93. The fourth-order valence-electron chi connectivity index (χ4n) is 3.25. The summed E-state index contributed by atoms with van der Waals surface area (Å²) < 4.78 is 13.1. The van der Waals surface area contributed by atoms with E-state index in [0.29, 0.717) is 12.1 Å². The quantitative estimate of drug-likeness (QED) is 0.544. The lowest BCUT2D eigenvalue weighted by Gasteiger charge is -2.17. The van der Waals surface area contributed by atoms with Crippen LogP contribution in [0, 0.1) is 12.7 Å². The van der Waals surface area contributed by atoms with Gasteiger partial charge in [0.15, 0.2) is 0 Å². The van der Waals surface area contributed by atoms with E-state index in [1.165, 1.54) is 23.3 Å². The van der Waals surface area contributed by atoms with Gasteiger partial charge in [0.2, 0.25) is 0 Å². The zero-order valence-corrected chi connectivity index (χ0v) is 15.5. The van der Waals surface area contributed by atoms with Crippen molar-refractivity contribution in [1.82, 2.24) is 5.43 Å². The fraction of sp³-hybridized carbons (Fsp3) is 0.130. The molecular weight excluding hydrogens is 353 g/mol. The second-order valence-corrected chi connectivity index (χ2v) is 6.93. The molecule has 0 radical (unpaired) electrons. The van der Waals surface area contributed by atoms with Crippen LogP contribution in [0.1, 0.15) is 32.6 Å². The van der Waals surface area contributed by atoms with Gasteiger partial charge < -0.3 is 4.90 Å². The number of nitrogens with zero attached hydrogens (tertiary/aromatic N) is 2. The maximum absolute atomic E-state index is 13.1. The molecule has 5 heteroatoms. The number of carbonyl (C=O) groups excluding carboxylic acids is 1. The van der Waals surface area contributed by atoms with Crippen LogP contribution in [0.25, 0.3) is 0 Å². The van der Waals surface area contributed by atoms with Crippen LogP contribution < -0.4 is 10.3 Å². The van der Waals surface area contributed by atoms with Crippen LogP contribution in [0.3, 0.4) is 0 Å². The number of amides is 1. The van der Waals surface area contributed by atoms with Crippen LogP contribution in [-0.4, -0.2) is 12.1 Å². The molecule has 1 aliphatic rings. The Labute approximate surface area is 163 Å². The third-order valence-electron chi connectivity index (χ3n) is 4.84. The molecule has 4 nitrogen and oxygen atoms in total. The Morgan fingerprint density at radius 2 is 1.71 bits per heavy atom. The summed E-state index contributed by atoms with van der Waals surface area (Å²) in [5.74, 6) is -0.489. The summed E-state index contributed by atoms with van der Waals surface area (Å²) in [6.07, 6.45) is 1.63. The van der Waals surface area contributed by atoms with Crippen molar-refractivity contribution in [3.05, 3.63) is 100 Å². The number of hydrogen-bond donors (Lipinski definition) is 1.